The number of halogens is 3. The monoisotopic (exact) mass is 365 g/mol. The summed E-state index contributed by atoms with van der Waals surface area (Å²) in [5.41, 5.74) is 0.317. The van der Waals surface area contributed by atoms with Crippen LogP contribution in [0.25, 0.3) is 0 Å². The highest BCUT2D eigenvalue weighted by Crippen LogP contribution is 2.27. The van der Waals surface area contributed by atoms with Gasteiger partial charge in [0.2, 0.25) is 0 Å². The van der Waals surface area contributed by atoms with Gasteiger partial charge in [0.1, 0.15) is 0 Å². The first-order valence-corrected chi connectivity index (χ1v) is 6.23. The van der Waals surface area contributed by atoms with Crippen molar-refractivity contribution in [2.24, 2.45) is 0 Å². The molecule has 0 aliphatic rings. The third-order valence-corrected chi connectivity index (χ3v) is 3.15. The molecule has 0 saturated heterocycles. The van der Waals surface area contributed by atoms with Crippen LogP contribution in [-0.4, -0.2) is 12.6 Å². The normalized spacial score (nSPS) is 10.2. The fourth-order valence-corrected chi connectivity index (χ4v) is 2.12. The summed E-state index contributed by atoms with van der Waals surface area (Å²) < 4.78 is 30.5. The molecule has 0 radical (unpaired) electrons. The Hall–Kier alpha value is -1.23. The summed E-state index contributed by atoms with van der Waals surface area (Å²) in [4.78, 5) is 11.3. The number of hydrogen-bond acceptors (Lipinski definition) is 3. The first-order chi connectivity index (χ1) is 8.49. The van der Waals surface area contributed by atoms with Gasteiger partial charge >= 0.3 is 5.97 Å². The molecule has 0 fully saturated rings. The summed E-state index contributed by atoms with van der Waals surface area (Å²) in [6.45, 7) is 1.87. The van der Waals surface area contributed by atoms with Gasteiger partial charge in [0, 0.05) is 9.13 Å². The second kappa shape index (κ2) is 6.64. The van der Waals surface area contributed by atoms with Gasteiger partial charge in [0.15, 0.2) is 0 Å². The molecule has 0 aromatic heterocycles. The molecule has 1 rings (SSSR count). The van der Waals surface area contributed by atoms with Crippen LogP contribution in [0, 0.1) is 14.9 Å². The van der Waals surface area contributed by atoms with E-state index in [4.69, 9.17) is 10.00 Å². The highest BCUT2D eigenvalue weighted by molar-refractivity contribution is 14.1. The maximum absolute atomic E-state index is 12.7. The SMILES string of the molecule is CCOC(=O)Cc1cc(C(F)F)c(I)cc1C#N. The van der Waals surface area contributed by atoms with Crippen molar-refractivity contribution < 1.29 is 18.3 Å². The Kier molecular flexibility index (Phi) is 5.47. The van der Waals surface area contributed by atoms with Crippen LogP contribution in [0.5, 0.6) is 0 Å². The van der Waals surface area contributed by atoms with Crippen LogP contribution in [0.15, 0.2) is 12.1 Å². The van der Waals surface area contributed by atoms with Crippen molar-refractivity contribution in [3.05, 3.63) is 32.4 Å². The number of carbonyl (C=O) groups excluding carboxylic acids is 1. The van der Waals surface area contributed by atoms with Crippen LogP contribution in [0.2, 0.25) is 0 Å². The number of benzene rings is 1. The first kappa shape index (κ1) is 14.8. The molecule has 6 heteroatoms. The third kappa shape index (κ3) is 3.63. The van der Waals surface area contributed by atoms with Crippen LogP contribution in [-0.2, 0) is 16.0 Å². The van der Waals surface area contributed by atoms with Crippen LogP contribution in [0.1, 0.15) is 30.0 Å². The standard InChI is InChI=1S/C12H10F2INO2/c1-2-18-11(17)5-7-3-9(12(13)14)10(15)4-8(7)6-16/h3-4,12H,2,5H2,1H3. The van der Waals surface area contributed by atoms with Gasteiger partial charge in [-0.15, -0.1) is 0 Å². The van der Waals surface area contributed by atoms with E-state index in [9.17, 15) is 13.6 Å². The van der Waals surface area contributed by atoms with Crippen molar-refractivity contribution in [1.82, 2.24) is 0 Å². The topological polar surface area (TPSA) is 50.1 Å². The summed E-state index contributed by atoms with van der Waals surface area (Å²) in [7, 11) is 0. The average Bonchev–Trinajstić information content (AvgIpc) is 2.30. The fraction of sp³-hybridized carbons (Fsp3) is 0.333. The number of nitriles is 1. The maximum atomic E-state index is 12.7. The molecule has 3 nitrogen and oxygen atoms in total. The molecule has 0 heterocycles. The van der Waals surface area contributed by atoms with Gasteiger partial charge in [-0.3, -0.25) is 4.79 Å². The minimum absolute atomic E-state index is 0.172. The largest absolute Gasteiger partial charge is 0.466 e. The summed E-state index contributed by atoms with van der Waals surface area (Å²) in [5.74, 6) is -0.532. The van der Waals surface area contributed by atoms with E-state index in [0.29, 0.717) is 3.57 Å². The van der Waals surface area contributed by atoms with Gasteiger partial charge < -0.3 is 4.74 Å². The Morgan fingerprint density at radius 3 is 2.72 bits per heavy atom. The van der Waals surface area contributed by atoms with Crippen LogP contribution >= 0.6 is 22.6 Å². The Labute approximate surface area is 117 Å². The lowest BCUT2D eigenvalue weighted by Crippen LogP contribution is -2.09. The Bertz CT molecular complexity index is 498. The van der Waals surface area contributed by atoms with Crippen molar-refractivity contribution in [2.75, 3.05) is 6.61 Å². The average molecular weight is 365 g/mol. The van der Waals surface area contributed by atoms with E-state index >= 15 is 0 Å². The molecule has 0 atom stereocenters. The Morgan fingerprint density at radius 2 is 2.22 bits per heavy atom. The molecule has 0 amide bonds. The zero-order valence-electron chi connectivity index (χ0n) is 9.54. The van der Waals surface area contributed by atoms with E-state index in [0.717, 1.165) is 0 Å². The molecule has 0 saturated carbocycles. The number of hydrogen-bond donors (Lipinski definition) is 0. The highest BCUT2D eigenvalue weighted by atomic mass is 127. The highest BCUT2D eigenvalue weighted by Gasteiger charge is 2.17. The first-order valence-electron chi connectivity index (χ1n) is 5.15. The van der Waals surface area contributed by atoms with Crippen molar-refractivity contribution in [1.29, 1.82) is 5.26 Å². The van der Waals surface area contributed by atoms with Gasteiger partial charge in [-0.1, -0.05) is 0 Å². The zero-order valence-corrected chi connectivity index (χ0v) is 11.7. The number of alkyl halides is 2. The predicted molar refractivity (Wildman–Crippen MR) is 69.2 cm³/mol. The number of rotatable bonds is 4. The van der Waals surface area contributed by atoms with E-state index < -0.39 is 12.4 Å². The maximum Gasteiger partial charge on any atom is 0.310 e. The van der Waals surface area contributed by atoms with Crippen LogP contribution < -0.4 is 0 Å². The molecular formula is C12H10F2INO2. The second-order valence-electron chi connectivity index (χ2n) is 3.43. The molecule has 0 unspecified atom stereocenters. The molecule has 1 aromatic rings. The van der Waals surface area contributed by atoms with Crippen molar-refractivity contribution >= 4 is 28.6 Å². The summed E-state index contributed by atoms with van der Waals surface area (Å²) in [5, 5.41) is 8.92. The molecule has 0 aliphatic carbocycles. The van der Waals surface area contributed by atoms with Gasteiger partial charge in [-0.2, -0.15) is 5.26 Å². The minimum atomic E-state index is -2.63. The molecule has 0 aliphatic heterocycles. The fourth-order valence-electron chi connectivity index (χ4n) is 1.42. The quantitative estimate of drug-likeness (QED) is 0.608. The summed E-state index contributed by atoms with van der Waals surface area (Å²) in [6, 6.07) is 4.45. The number of esters is 1. The molecule has 1 aromatic carbocycles. The number of nitrogens with zero attached hydrogens (tertiary/aromatic N) is 1. The Morgan fingerprint density at radius 1 is 1.56 bits per heavy atom. The van der Waals surface area contributed by atoms with Gasteiger partial charge in [0.05, 0.1) is 24.7 Å². The van der Waals surface area contributed by atoms with E-state index in [1.54, 1.807) is 29.5 Å². The second-order valence-corrected chi connectivity index (χ2v) is 4.59. The van der Waals surface area contributed by atoms with Crippen LogP contribution in [0.3, 0.4) is 0 Å². The lowest BCUT2D eigenvalue weighted by atomic mass is 10.0. The zero-order chi connectivity index (χ0) is 13.7. The van der Waals surface area contributed by atoms with Crippen molar-refractivity contribution in [2.45, 2.75) is 19.8 Å². The van der Waals surface area contributed by atoms with E-state index in [1.807, 2.05) is 6.07 Å². The summed E-state index contributed by atoms with van der Waals surface area (Å²) >= 11 is 1.74. The minimum Gasteiger partial charge on any atom is -0.466 e. The smallest absolute Gasteiger partial charge is 0.310 e. The van der Waals surface area contributed by atoms with Crippen molar-refractivity contribution in [3.63, 3.8) is 0 Å². The lowest BCUT2D eigenvalue weighted by Gasteiger charge is -2.09. The van der Waals surface area contributed by atoms with Gasteiger partial charge in [0.25, 0.3) is 6.43 Å². The van der Waals surface area contributed by atoms with E-state index in [1.165, 1.54) is 12.1 Å². The summed E-state index contributed by atoms with van der Waals surface area (Å²) in [6.07, 6.45) is -2.81. The predicted octanol–water partition coefficient (Wildman–Crippen LogP) is 3.21. The van der Waals surface area contributed by atoms with E-state index in [2.05, 4.69) is 0 Å². The third-order valence-electron chi connectivity index (χ3n) is 2.22. The molecule has 0 N–H and O–H groups in total. The van der Waals surface area contributed by atoms with Gasteiger partial charge in [-0.25, -0.2) is 8.78 Å². The Balaban J connectivity index is 3.13. The number of ether oxygens (including phenoxy) is 1. The molecule has 0 spiro atoms. The van der Waals surface area contributed by atoms with Crippen molar-refractivity contribution in [3.8, 4) is 6.07 Å². The lowest BCUT2D eigenvalue weighted by molar-refractivity contribution is -0.142. The number of carbonyl (C=O) groups is 1. The van der Waals surface area contributed by atoms with E-state index in [-0.39, 0.29) is 29.7 Å². The molecule has 96 valence electrons. The molecular weight excluding hydrogens is 355 g/mol. The molecule has 0 bridgehead atoms. The van der Waals surface area contributed by atoms with Gasteiger partial charge in [-0.05, 0) is 47.2 Å². The molecule has 18 heavy (non-hydrogen) atoms. The van der Waals surface area contributed by atoms with Crippen LogP contribution in [0.4, 0.5) is 8.78 Å².